The van der Waals surface area contributed by atoms with Gasteiger partial charge in [0.2, 0.25) is 0 Å². The van der Waals surface area contributed by atoms with Crippen LogP contribution in [0.3, 0.4) is 0 Å². The number of aromatic nitrogens is 1. The zero-order chi connectivity index (χ0) is 13.2. The lowest BCUT2D eigenvalue weighted by Crippen LogP contribution is -1.87. The summed E-state index contributed by atoms with van der Waals surface area (Å²) in [4.78, 5) is 5.86. The lowest BCUT2D eigenvalue weighted by atomic mass is 10.0. The Balaban J connectivity index is 2.15. The Hall–Kier alpha value is -1.07. The molecular formula is C16H12INS. The topological polar surface area (TPSA) is 12.9 Å². The van der Waals surface area contributed by atoms with E-state index >= 15 is 0 Å². The van der Waals surface area contributed by atoms with Crippen molar-refractivity contribution in [2.45, 2.75) is 11.8 Å². The summed E-state index contributed by atoms with van der Waals surface area (Å²) >= 11 is 2.30. The summed E-state index contributed by atoms with van der Waals surface area (Å²) < 4.78 is 0. The fraction of sp³-hybridized carbons (Fsp3) is 0.0625. The van der Waals surface area contributed by atoms with Crippen molar-refractivity contribution >= 4 is 40.9 Å². The minimum absolute atomic E-state index is 1.04. The number of hydrogen-bond donors (Lipinski definition) is 0. The molecular weight excluding hydrogens is 365 g/mol. The largest absolute Gasteiger partial charge is 0.256 e. The van der Waals surface area contributed by atoms with Crippen LogP contribution in [0.5, 0.6) is 0 Å². The summed E-state index contributed by atoms with van der Waals surface area (Å²) in [6.07, 6.45) is 1.97. The van der Waals surface area contributed by atoms with E-state index in [9.17, 15) is 0 Å². The molecule has 1 aromatic heterocycles. The number of pyridine rings is 1. The number of nitrogens with zero attached hydrogens (tertiary/aromatic N) is 1. The Morgan fingerprint density at radius 1 is 1.00 bits per heavy atom. The van der Waals surface area contributed by atoms with Crippen LogP contribution in [0.1, 0.15) is 5.56 Å². The maximum Gasteiger partial charge on any atom is 0.0711 e. The predicted molar refractivity (Wildman–Crippen MR) is 91.8 cm³/mol. The normalized spacial score (nSPS) is 10.8. The van der Waals surface area contributed by atoms with Crippen molar-refractivity contribution < 1.29 is 0 Å². The molecule has 0 aliphatic rings. The molecule has 0 saturated heterocycles. The Labute approximate surface area is 129 Å². The van der Waals surface area contributed by atoms with Crippen molar-refractivity contribution in [2.75, 3.05) is 0 Å². The SMILES string of the molecule is Cc1ccccc1-c1cc2ccc(SI)cc2cn1. The summed E-state index contributed by atoms with van der Waals surface area (Å²) in [6, 6.07) is 17.0. The molecule has 0 aliphatic heterocycles. The Kier molecular flexibility index (Phi) is 3.75. The molecule has 0 saturated carbocycles. The highest BCUT2D eigenvalue weighted by atomic mass is 127. The lowest BCUT2D eigenvalue weighted by molar-refractivity contribution is 1.32. The monoisotopic (exact) mass is 377 g/mol. The van der Waals surface area contributed by atoms with E-state index in [2.05, 4.69) is 81.6 Å². The third-order valence-corrected chi connectivity index (χ3v) is 5.16. The number of fused-ring (bicyclic) bond motifs is 1. The van der Waals surface area contributed by atoms with Crippen molar-refractivity contribution in [1.82, 2.24) is 4.98 Å². The molecule has 0 amide bonds. The van der Waals surface area contributed by atoms with Crippen molar-refractivity contribution in [2.24, 2.45) is 0 Å². The Morgan fingerprint density at radius 3 is 2.63 bits per heavy atom. The van der Waals surface area contributed by atoms with Gasteiger partial charge in [-0.25, -0.2) is 0 Å². The molecule has 0 spiro atoms. The highest BCUT2D eigenvalue weighted by Crippen LogP contribution is 2.30. The lowest BCUT2D eigenvalue weighted by Gasteiger charge is -2.06. The summed E-state index contributed by atoms with van der Waals surface area (Å²) in [5, 5.41) is 2.43. The summed E-state index contributed by atoms with van der Waals surface area (Å²) in [6.45, 7) is 2.12. The second-order valence-corrected chi connectivity index (χ2v) is 6.42. The number of benzene rings is 2. The summed E-state index contributed by atoms with van der Waals surface area (Å²) in [7, 11) is 1.73. The molecule has 1 nitrogen and oxygen atoms in total. The van der Waals surface area contributed by atoms with Crippen molar-refractivity contribution in [3.63, 3.8) is 0 Å². The van der Waals surface area contributed by atoms with E-state index in [-0.39, 0.29) is 0 Å². The van der Waals surface area contributed by atoms with Crippen LogP contribution in [0.4, 0.5) is 0 Å². The molecule has 0 N–H and O–H groups in total. The molecule has 0 fully saturated rings. The zero-order valence-electron chi connectivity index (χ0n) is 10.4. The number of hydrogen-bond acceptors (Lipinski definition) is 2. The smallest absolute Gasteiger partial charge is 0.0711 e. The Morgan fingerprint density at radius 2 is 1.84 bits per heavy atom. The molecule has 0 atom stereocenters. The third-order valence-electron chi connectivity index (χ3n) is 3.20. The van der Waals surface area contributed by atoms with Crippen molar-refractivity contribution in [1.29, 1.82) is 0 Å². The van der Waals surface area contributed by atoms with Crippen LogP contribution in [0.2, 0.25) is 0 Å². The van der Waals surface area contributed by atoms with E-state index in [1.807, 2.05) is 6.20 Å². The molecule has 3 aromatic rings. The Bertz CT molecular complexity index is 740. The maximum absolute atomic E-state index is 4.60. The highest BCUT2D eigenvalue weighted by Gasteiger charge is 2.04. The van der Waals surface area contributed by atoms with E-state index in [1.54, 1.807) is 8.93 Å². The predicted octanol–water partition coefficient (Wildman–Crippen LogP) is 5.65. The summed E-state index contributed by atoms with van der Waals surface area (Å²) in [5.41, 5.74) is 3.51. The first-order valence-corrected chi connectivity index (χ1v) is 9.38. The standard InChI is InChI=1S/C16H12INS/c1-11-4-2-3-5-15(11)16-9-12-6-7-14(19-17)8-13(12)10-18-16/h2-10H,1H3. The molecule has 3 heteroatoms. The van der Waals surface area contributed by atoms with Gasteiger partial charge in [0.1, 0.15) is 0 Å². The van der Waals surface area contributed by atoms with E-state index in [0.29, 0.717) is 0 Å². The molecule has 94 valence electrons. The van der Waals surface area contributed by atoms with Crippen LogP contribution in [-0.2, 0) is 0 Å². The van der Waals surface area contributed by atoms with Gasteiger partial charge in [0.05, 0.1) is 5.69 Å². The van der Waals surface area contributed by atoms with Crippen LogP contribution < -0.4 is 0 Å². The van der Waals surface area contributed by atoms with Gasteiger partial charge in [0.25, 0.3) is 0 Å². The molecule has 0 bridgehead atoms. The highest BCUT2D eigenvalue weighted by molar-refractivity contribution is 14.2. The van der Waals surface area contributed by atoms with Gasteiger partial charge in [-0.3, -0.25) is 4.98 Å². The quantitative estimate of drug-likeness (QED) is 0.535. The first-order chi connectivity index (χ1) is 9.28. The molecule has 1 heterocycles. The van der Waals surface area contributed by atoms with E-state index in [1.165, 1.54) is 26.8 Å². The van der Waals surface area contributed by atoms with Crippen LogP contribution in [0, 0.1) is 6.92 Å². The summed E-state index contributed by atoms with van der Waals surface area (Å²) in [5.74, 6) is 0. The maximum atomic E-state index is 4.60. The molecule has 3 rings (SSSR count). The molecule has 19 heavy (non-hydrogen) atoms. The van der Waals surface area contributed by atoms with Crippen molar-refractivity contribution in [3.05, 3.63) is 60.3 Å². The van der Waals surface area contributed by atoms with Gasteiger partial charge in [0.15, 0.2) is 0 Å². The fourth-order valence-electron chi connectivity index (χ4n) is 2.18. The average Bonchev–Trinajstić information content (AvgIpc) is 2.46. The van der Waals surface area contributed by atoms with Crippen molar-refractivity contribution in [3.8, 4) is 11.3 Å². The van der Waals surface area contributed by atoms with Crippen LogP contribution in [0.15, 0.2) is 59.6 Å². The molecule has 0 radical (unpaired) electrons. The second-order valence-electron chi connectivity index (χ2n) is 4.47. The van der Waals surface area contributed by atoms with Gasteiger partial charge >= 0.3 is 0 Å². The van der Waals surface area contributed by atoms with Gasteiger partial charge in [-0.2, -0.15) is 0 Å². The van der Waals surface area contributed by atoms with E-state index < -0.39 is 0 Å². The minimum atomic E-state index is 1.04. The van der Waals surface area contributed by atoms with Crippen LogP contribution >= 0.6 is 30.1 Å². The van der Waals surface area contributed by atoms with Crippen LogP contribution in [0.25, 0.3) is 22.0 Å². The molecule has 0 unspecified atom stereocenters. The number of rotatable bonds is 2. The second kappa shape index (κ2) is 5.51. The van der Waals surface area contributed by atoms with Gasteiger partial charge in [-0.15, -0.1) is 0 Å². The molecule has 2 aromatic carbocycles. The van der Waals surface area contributed by atoms with Gasteiger partial charge in [-0.05, 0) is 36.1 Å². The average molecular weight is 377 g/mol. The molecule has 0 aliphatic carbocycles. The van der Waals surface area contributed by atoms with E-state index in [0.717, 1.165) is 5.69 Å². The number of halogens is 1. The van der Waals surface area contributed by atoms with Crippen LogP contribution in [-0.4, -0.2) is 4.98 Å². The van der Waals surface area contributed by atoms with Gasteiger partial charge < -0.3 is 0 Å². The van der Waals surface area contributed by atoms with E-state index in [4.69, 9.17) is 0 Å². The fourth-order valence-corrected chi connectivity index (χ4v) is 3.29. The minimum Gasteiger partial charge on any atom is -0.256 e. The number of aryl methyl sites for hydroxylation is 1. The first-order valence-electron chi connectivity index (χ1n) is 6.02. The van der Waals surface area contributed by atoms with Gasteiger partial charge in [-0.1, -0.05) is 39.3 Å². The van der Waals surface area contributed by atoms with Gasteiger partial charge in [0, 0.05) is 43.2 Å². The third kappa shape index (κ3) is 2.62. The first kappa shape index (κ1) is 12.9. The zero-order valence-corrected chi connectivity index (χ0v) is 13.4.